The summed E-state index contributed by atoms with van der Waals surface area (Å²) in [6.45, 7) is 1.23. The molecule has 2 aromatic rings. The van der Waals surface area contributed by atoms with Gasteiger partial charge in [-0.2, -0.15) is 5.26 Å². The quantitative estimate of drug-likeness (QED) is 0.592. The lowest BCUT2D eigenvalue weighted by molar-refractivity contribution is -0.329. The highest BCUT2D eigenvalue weighted by Crippen LogP contribution is 2.49. The van der Waals surface area contributed by atoms with Crippen LogP contribution in [-0.2, 0) is 21.7 Å². The fourth-order valence-electron chi connectivity index (χ4n) is 4.07. The fourth-order valence-corrected chi connectivity index (χ4v) is 4.07. The maximum Gasteiger partial charge on any atom is 0.225 e. The third-order valence-electron chi connectivity index (χ3n) is 5.87. The van der Waals surface area contributed by atoms with Crippen LogP contribution in [0.15, 0.2) is 42.5 Å². The number of fused-ring (bicyclic) bond motifs is 2. The Balaban J connectivity index is 1.75. The van der Waals surface area contributed by atoms with Crippen LogP contribution in [0.25, 0.3) is 0 Å². The van der Waals surface area contributed by atoms with Crippen molar-refractivity contribution in [2.75, 3.05) is 13.2 Å². The summed E-state index contributed by atoms with van der Waals surface area (Å²) in [4.78, 5) is 0. The van der Waals surface area contributed by atoms with Gasteiger partial charge in [-0.15, -0.1) is 0 Å². The Morgan fingerprint density at radius 1 is 1.10 bits per heavy atom. The molecule has 4 N–H and O–H groups in total. The molecule has 2 heterocycles. The number of ether oxygens (including phenoxy) is 2. The van der Waals surface area contributed by atoms with E-state index in [2.05, 4.69) is 6.07 Å². The maximum atomic E-state index is 10.7. The molecule has 2 aliphatic rings. The third kappa shape index (κ3) is 3.06. The Labute approximate surface area is 168 Å². The van der Waals surface area contributed by atoms with Crippen LogP contribution < -0.4 is 0 Å². The van der Waals surface area contributed by atoms with Gasteiger partial charge in [-0.05, 0) is 36.6 Å². The molecular weight excluding hydrogens is 374 g/mol. The summed E-state index contributed by atoms with van der Waals surface area (Å²) < 4.78 is 11.6. The maximum absolute atomic E-state index is 10.7. The van der Waals surface area contributed by atoms with Crippen LogP contribution in [0.1, 0.15) is 27.8 Å². The highest BCUT2D eigenvalue weighted by atomic mass is 16.8. The Bertz CT molecular complexity index is 955. The number of rotatable bonds is 4. The van der Waals surface area contributed by atoms with Crippen LogP contribution in [0.2, 0.25) is 0 Å². The van der Waals surface area contributed by atoms with Gasteiger partial charge in [0.1, 0.15) is 23.9 Å². The second kappa shape index (κ2) is 7.18. The average Bonchev–Trinajstić information content (AvgIpc) is 3.13. The molecule has 152 valence electrons. The molecule has 0 aliphatic carbocycles. The number of hydrogen-bond acceptors (Lipinski definition) is 7. The van der Waals surface area contributed by atoms with E-state index < -0.39 is 36.3 Å². The lowest BCUT2D eigenvalue weighted by Crippen LogP contribution is -2.65. The van der Waals surface area contributed by atoms with Gasteiger partial charge in [0, 0.05) is 5.56 Å². The molecule has 4 rings (SSSR count). The van der Waals surface area contributed by atoms with Crippen molar-refractivity contribution >= 4 is 0 Å². The van der Waals surface area contributed by atoms with Gasteiger partial charge in [-0.1, -0.05) is 35.9 Å². The number of aliphatic hydroxyl groups is 4. The predicted octanol–water partition coefficient (Wildman–Crippen LogP) is 0.484. The van der Waals surface area contributed by atoms with Gasteiger partial charge < -0.3 is 29.9 Å². The van der Waals surface area contributed by atoms with Gasteiger partial charge in [0.2, 0.25) is 5.79 Å². The average molecular weight is 397 g/mol. The number of nitrogens with zero attached hydrogens (tertiary/aromatic N) is 1. The zero-order chi connectivity index (χ0) is 20.8. The number of hydrogen-bond donors (Lipinski definition) is 4. The van der Waals surface area contributed by atoms with E-state index in [-0.39, 0.29) is 6.61 Å². The van der Waals surface area contributed by atoms with E-state index in [1.807, 2.05) is 31.2 Å². The first-order valence-electron chi connectivity index (χ1n) is 9.43. The lowest BCUT2D eigenvalue weighted by Gasteiger charge is -2.46. The Morgan fingerprint density at radius 2 is 1.83 bits per heavy atom. The molecule has 2 bridgehead atoms. The molecule has 2 fully saturated rings. The van der Waals surface area contributed by atoms with Gasteiger partial charge >= 0.3 is 0 Å². The predicted molar refractivity (Wildman–Crippen MR) is 102 cm³/mol. The van der Waals surface area contributed by atoms with Crippen molar-refractivity contribution in [2.45, 2.75) is 43.0 Å². The summed E-state index contributed by atoms with van der Waals surface area (Å²) in [7, 11) is 0. The zero-order valence-electron chi connectivity index (χ0n) is 15.9. The first-order valence-corrected chi connectivity index (χ1v) is 9.43. The minimum absolute atomic E-state index is 0.188. The second-order valence-electron chi connectivity index (χ2n) is 7.81. The fraction of sp³-hybridized carbons (Fsp3) is 0.409. The second-order valence-corrected chi connectivity index (χ2v) is 7.81. The molecule has 0 amide bonds. The largest absolute Gasteiger partial charge is 0.393 e. The summed E-state index contributed by atoms with van der Waals surface area (Å²) in [5.41, 5.74) is 2.22. The van der Waals surface area contributed by atoms with Crippen LogP contribution in [-0.4, -0.2) is 57.6 Å². The molecule has 2 aromatic carbocycles. The van der Waals surface area contributed by atoms with Gasteiger partial charge in [0.25, 0.3) is 0 Å². The minimum Gasteiger partial charge on any atom is -0.393 e. The molecule has 0 aromatic heterocycles. The Kier molecular flexibility index (Phi) is 4.95. The molecular formula is C22H23NO6. The third-order valence-corrected chi connectivity index (χ3v) is 5.87. The van der Waals surface area contributed by atoms with Gasteiger partial charge in [0.05, 0.1) is 24.8 Å². The lowest BCUT2D eigenvalue weighted by atomic mass is 9.83. The van der Waals surface area contributed by atoms with Crippen molar-refractivity contribution in [1.29, 1.82) is 5.26 Å². The summed E-state index contributed by atoms with van der Waals surface area (Å²) in [6.07, 6.45) is -4.14. The number of aliphatic hydroxyl groups excluding tert-OH is 4. The van der Waals surface area contributed by atoms with Crippen molar-refractivity contribution in [2.24, 2.45) is 0 Å². The van der Waals surface area contributed by atoms with Crippen molar-refractivity contribution < 1.29 is 29.9 Å². The number of nitriles is 1. The molecule has 0 saturated carbocycles. The molecule has 2 aliphatic heterocycles. The van der Waals surface area contributed by atoms with Crippen molar-refractivity contribution in [3.05, 3.63) is 70.3 Å². The van der Waals surface area contributed by atoms with Gasteiger partial charge in [-0.25, -0.2) is 0 Å². The topological polar surface area (TPSA) is 123 Å². The van der Waals surface area contributed by atoms with Crippen molar-refractivity contribution in [1.82, 2.24) is 0 Å². The van der Waals surface area contributed by atoms with E-state index in [0.717, 1.165) is 11.1 Å². The van der Waals surface area contributed by atoms with Crippen LogP contribution in [0.5, 0.6) is 0 Å². The normalized spacial score (nSPS) is 33.4. The number of benzene rings is 2. The first kappa shape index (κ1) is 20.0. The van der Waals surface area contributed by atoms with Crippen LogP contribution in [0, 0.1) is 18.3 Å². The molecule has 0 radical (unpaired) electrons. The van der Waals surface area contributed by atoms with Gasteiger partial charge in [0.15, 0.2) is 0 Å². The van der Waals surface area contributed by atoms with Gasteiger partial charge in [-0.3, -0.25) is 0 Å². The molecule has 7 heteroatoms. The highest BCUT2D eigenvalue weighted by molar-refractivity contribution is 5.45. The van der Waals surface area contributed by atoms with E-state index in [0.29, 0.717) is 23.1 Å². The Morgan fingerprint density at radius 3 is 2.48 bits per heavy atom. The van der Waals surface area contributed by atoms with Crippen LogP contribution in [0.4, 0.5) is 0 Å². The van der Waals surface area contributed by atoms with Crippen molar-refractivity contribution in [3.8, 4) is 6.07 Å². The molecule has 5 unspecified atom stereocenters. The first-order chi connectivity index (χ1) is 13.8. The van der Waals surface area contributed by atoms with Crippen LogP contribution in [0.3, 0.4) is 0 Å². The summed E-state index contributed by atoms with van der Waals surface area (Å²) >= 11 is 0. The van der Waals surface area contributed by atoms with E-state index in [4.69, 9.17) is 9.47 Å². The summed E-state index contributed by atoms with van der Waals surface area (Å²) in [6, 6.07) is 15.0. The van der Waals surface area contributed by atoms with E-state index in [1.54, 1.807) is 18.2 Å². The molecule has 2 saturated heterocycles. The minimum atomic E-state index is -1.74. The molecule has 5 atom stereocenters. The molecule has 29 heavy (non-hydrogen) atoms. The zero-order valence-corrected chi connectivity index (χ0v) is 15.9. The summed E-state index contributed by atoms with van der Waals surface area (Å²) in [5.74, 6) is -1.74. The smallest absolute Gasteiger partial charge is 0.225 e. The van der Waals surface area contributed by atoms with E-state index in [1.165, 1.54) is 0 Å². The van der Waals surface area contributed by atoms with E-state index >= 15 is 0 Å². The van der Waals surface area contributed by atoms with E-state index in [9.17, 15) is 25.7 Å². The highest BCUT2D eigenvalue weighted by Gasteiger charge is 2.67. The molecule has 7 nitrogen and oxygen atoms in total. The summed E-state index contributed by atoms with van der Waals surface area (Å²) in [5, 5.41) is 50.6. The number of aryl methyl sites for hydroxylation is 1. The SMILES string of the molecule is Cc1ccc(Cc2cc(C34OCC(CO)(O3)C(O)C(O)C4O)ccc2C#N)cc1. The monoisotopic (exact) mass is 397 g/mol. The standard InChI is InChI=1S/C22H23NO6/c1-13-2-4-14(5-3-13)8-16-9-17(7-6-15(16)10-23)22-20(27)18(25)19(26)21(11-24,29-22)12-28-22/h2-7,9,18-20,24-27H,8,11-12H2,1H3. The Hall–Kier alpha value is -2.31. The molecule has 0 spiro atoms. The van der Waals surface area contributed by atoms with Crippen molar-refractivity contribution in [3.63, 3.8) is 0 Å². The van der Waals surface area contributed by atoms with Crippen LogP contribution >= 0.6 is 0 Å².